The van der Waals surface area contributed by atoms with Crippen molar-refractivity contribution in [1.82, 2.24) is 10.1 Å². The highest BCUT2D eigenvalue weighted by Crippen LogP contribution is 2.24. The monoisotopic (exact) mass is 281 g/mol. The predicted molar refractivity (Wildman–Crippen MR) is 75.3 cm³/mol. The van der Waals surface area contributed by atoms with E-state index in [1.165, 1.54) is 6.42 Å². The Morgan fingerprint density at radius 1 is 1.55 bits per heavy atom. The van der Waals surface area contributed by atoms with Crippen molar-refractivity contribution in [2.75, 3.05) is 25.5 Å². The first-order valence-electron chi connectivity index (χ1n) is 7.14. The second-order valence-electron chi connectivity index (χ2n) is 5.69. The van der Waals surface area contributed by atoms with Crippen LogP contribution in [0.3, 0.4) is 0 Å². The van der Waals surface area contributed by atoms with E-state index >= 15 is 0 Å². The third kappa shape index (κ3) is 4.31. The highest BCUT2D eigenvalue weighted by Gasteiger charge is 2.24. The third-order valence-electron chi connectivity index (χ3n) is 3.72. The van der Waals surface area contributed by atoms with Crippen molar-refractivity contribution in [2.45, 2.75) is 38.7 Å². The molecular formula is C14H23N3O3. The van der Waals surface area contributed by atoms with Gasteiger partial charge in [-0.25, -0.2) is 0 Å². The summed E-state index contributed by atoms with van der Waals surface area (Å²) in [7, 11) is 1.90. The zero-order valence-electron chi connectivity index (χ0n) is 12.1. The van der Waals surface area contributed by atoms with Gasteiger partial charge >= 0.3 is 0 Å². The Morgan fingerprint density at radius 3 is 2.95 bits per heavy atom. The standard InChI is InChI=1S/C14H23N3O3/c1-10-7-14(20-16-10)15-13(19)9-17(2)8-11-5-3-4-6-12(11)18/h7,11-12,18H,3-6,8-9H2,1-2H3,(H,15,19). The van der Waals surface area contributed by atoms with Crippen LogP contribution in [-0.4, -0.2) is 47.3 Å². The molecule has 1 saturated carbocycles. The molecule has 0 aromatic carbocycles. The topological polar surface area (TPSA) is 78.6 Å². The lowest BCUT2D eigenvalue weighted by atomic mass is 9.86. The van der Waals surface area contributed by atoms with Crippen LogP contribution in [0.1, 0.15) is 31.4 Å². The average molecular weight is 281 g/mol. The molecule has 2 N–H and O–H groups in total. The largest absolute Gasteiger partial charge is 0.393 e. The Morgan fingerprint density at radius 2 is 2.30 bits per heavy atom. The summed E-state index contributed by atoms with van der Waals surface area (Å²) in [5, 5.41) is 16.3. The summed E-state index contributed by atoms with van der Waals surface area (Å²) in [5.74, 6) is 0.515. The molecule has 0 bridgehead atoms. The maximum Gasteiger partial charge on any atom is 0.240 e. The van der Waals surface area contributed by atoms with E-state index in [1.54, 1.807) is 13.0 Å². The number of hydrogen-bond acceptors (Lipinski definition) is 5. The van der Waals surface area contributed by atoms with Crippen molar-refractivity contribution in [3.63, 3.8) is 0 Å². The molecule has 1 aliphatic rings. The number of nitrogens with zero attached hydrogens (tertiary/aromatic N) is 2. The Kier molecular flexibility index (Phi) is 5.14. The van der Waals surface area contributed by atoms with Crippen LogP contribution in [0.25, 0.3) is 0 Å². The van der Waals surface area contributed by atoms with E-state index in [9.17, 15) is 9.90 Å². The minimum Gasteiger partial charge on any atom is -0.393 e. The molecular weight excluding hydrogens is 258 g/mol. The van der Waals surface area contributed by atoms with Crippen LogP contribution < -0.4 is 5.32 Å². The second kappa shape index (κ2) is 6.85. The molecule has 2 unspecified atom stereocenters. The lowest BCUT2D eigenvalue weighted by molar-refractivity contribution is -0.117. The molecule has 0 saturated heterocycles. The SMILES string of the molecule is Cc1cc(NC(=O)CN(C)CC2CCCCC2O)on1. The van der Waals surface area contributed by atoms with Crippen LogP contribution in [0.2, 0.25) is 0 Å². The number of carbonyl (C=O) groups is 1. The quantitative estimate of drug-likeness (QED) is 0.853. The van der Waals surface area contributed by atoms with Gasteiger partial charge in [-0.3, -0.25) is 15.0 Å². The van der Waals surface area contributed by atoms with Crippen molar-refractivity contribution < 1.29 is 14.4 Å². The van der Waals surface area contributed by atoms with Crippen LogP contribution >= 0.6 is 0 Å². The molecule has 1 amide bonds. The van der Waals surface area contributed by atoms with E-state index in [-0.39, 0.29) is 24.5 Å². The summed E-state index contributed by atoms with van der Waals surface area (Å²) in [6.07, 6.45) is 3.95. The number of aliphatic hydroxyl groups is 1. The highest BCUT2D eigenvalue weighted by atomic mass is 16.5. The van der Waals surface area contributed by atoms with Crippen molar-refractivity contribution in [2.24, 2.45) is 5.92 Å². The lowest BCUT2D eigenvalue weighted by Gasteiger charge is -2.30. The number of nitrogens with one attached hydrogen (secondary N) is 1. The number of carbonyl (C=O) groups excluding carboxylic acids is 1. The first kappa shape index (κ1) is 15.0. The molecule has 0 spiro atoms. The number of likely N-dealkylation sites (N-methyl/N-ethyl adjacent to an activating group) is 1. The summed E-state index contributed by atoms with van der Waals surface area (Å²) < 4.78 is 4.94. The number of hydrogen-bond donors (Lipinski definition) is 2. The molecule has 2 rings (SSSR count). The van der Waals surface area contributed by atoms with Gasteiger partial charge in [-0.2, -0.15) is 0 Å². The number of aromatic nitrogens is 1. The zero-order valence-corrected chi connectivity index (χ0v) is 12.1. The van der Waals surface area contributed by atoms with Crippen LogP contribution in [-0.2, 0) is 4.79 Å². The van der Waals surface area contributed by atoms with Gasteiger partial charge in [-0.1, -0.05) is 18.0 Å². The van der Waals surface area contributed by atoms with E-state index in [2.05, 4.69) is 10.5 Å². The van der Waals surface area contributed by atoms with Crippen LogP contribution in [0.15, 0.2) is 10.6 Å². The molecule has 20 heavy (non-hydrogen) atoms. The van der Waals surface area contributed by atoms with E-state index in [1.807, 2.05) is 11.9 Å². The molecule has 0 aliphatic heterocycles. The Labute approximate surface area is 119 Å². The first-order chi connectivity index (χ1) is 9.54. The molecule has 6 heteroatoms. The minimum absolute atomic E-state index is 0.131. The van der Waals surface area contributed by atoms with Gasteiger partial charge in [0.15, 0.2) is 0 Å². The van der Waals surface area contributed by atoms with Gasteiger partial charge in [-0.05, 0) is 32.7 Å². The third-order valence-corrected chi connectivity index (χ3v) is 3.72. The van der Waals surface area contributed by atoms with Gasteiger partial charge in [0.25, 0.3) is 0 Å². The van der Waals surface area contributed by atoms with E-state index in [0.29, 0.717) is 5.88 Å². The van der Waals surface area contributed by atoms with Crippen LogP contribution in [0, 0.1) is 12.8 Å². The predicted octanol–water partition coefficient (Wildman–Crippen LogP) is 1.40. The Bertz CT molecular complexity index is 447. The zero-order chi connectivity index (χ0) is 14.5. The minimum atomic E-state index is -0.230. The average Bonchev–Trinajstić information content (AvgIpc) is 2.77. The van der Waals surface area contributed by atoms with Crippen molar-refractivity contribution >= 4 is 11.8 Å². The number of amides is 1. The van der Waals surface area contributed by atoms with Gasteiger partial charge in [-0.15, -0.1) is 0 Å². The van der Waals surface area contributed by atoms with E-state index in [0.717, 1.165) is 31.5 Å². The van der Waals surface area contributed by atoms with Crippen molar-refractivity contribution in [3.8, 4) is 0 Å². The molecule has 1 aromatic heterocycles. The normalized spacial score (nSPS) is 23.0. The van der Waals surface area contributed by atoms with E-state index in [4.69, 9.17) is 4.52 Å². The van der Waals surface area contributed by atoms with Gasteiger partial charge in [0.2, 0.25) is 11.8 Å². The van der Waals surface area contributed by atoms with Crippen LogP contribution in [0.5, 0.6) is 0 Å². The fourth-order valence-electron chi connectivity index (χ4n) is 2.71. The first-order valence-corrected chi connectivity index (χ1v) is 7.14. The maximum absolute atomic E-state index is 11.9. The molecule has 1 fully saturated rings. The molecule has 2 atom stereocenters. The molecule has 6 nitrogen and oxygen atoms in total. The number of aryl methyl sites for hydroxylation is 1. The summed E-state index contributed by atoms with van der Waals surface area (Å²) in [4.78, 5) is 13.8. The lowest BCUT2D eigenvalue weighted by Crippen LogP contribution is -2.38. The smallest absolute Gasteiger partial charge is 0.240 e. The van der Waals surface area contributed by atoms with Gasteiger partial charge in [0.05, 0.1) is 18.3 Å². The molecule has 112 valence electrons. The summed E-state index contributed by atoms with van der Waals surface area (Å²) in [5.41, 5.74) is 0.735. The highest BCUT2D eigenvalue weighted by molar-refractivity contribution is 5.90. The van der Waals surface area contributed by atoms with Gasteiger partial charge in [0, 0.05) is 12.6 Å². The summed E-state index contributed by atoms with van der Waals surface area (Å²) >= 11 is 0. The Balaban J connectivity index is 1.75. The van der Waals surface area contributed by atoms with Crippen LogP contribution in [0.4, 0.5) is 5.88 Å². The fraction of sp³-hybridized carbons (Fsp3) is 0.714. The van der Waals surface area contributed by atoms with Gasteiger partial charge in [0.1, 0.15) is 0 Å². The molecule has 1 heterocycles. The van der Waals surface area contributed by atoms with Crippen molar-refractivity contribution in [1.29, 1.82) is 0 Å². The summed E-state index contributed by atoms with van der Waals surface area (Å²) in [6.45, 7) is 2.82. The fourth-order valence-corrected chi connectivity index (χ4v) is 2.71. The van der Waals surface area contributed by atoms with E-state index < -0.39 is 0 Å². The molecule has 0 radical (unpaired) electrons. The van der Waals surface area contributed by atoms with Crippen molar-refractivity contribution in [3.05, 3.63) is 11.8 Å². The number of aliphatic hydroxyl groups excluding tert-OH is 1. The number of anilines is 1. The maximum atomic E-state index is 11.9. The Hall–Kier alpha value is -1.40. The number of rotatable bonds is 5. The summed E-state index contributed by atoms with van der Waals surface area (Å²) in [6, 6.07) is 1.68. The van der Waals surface area contributed by atoms with Gasteiger partial charge < -0.3 is 9.63 Å². The molecule has 1 aromatic rings. The second-order valence-corrected chi connectivity index (χ2v) is 5.69. The molecule has 1 aliphatic carbocycles.